The van der Waals surface area contributed by atoms with Crippen LogP contribution in [0.5, 0.6) is 0 Å². The molecule has 0 aromatic heterocycles. The van der Waals surface area contributed by atoms with Crippen LogP contribution in [0, 0.1) is 19.8 Å². The summed E-state index contributed by atoms with van der Waals surface area (Å²) in [7, 11) is 0. The smallest absolute Gasteiger partial charge is 0.00463 e. The van der Waals surface area contributed by atoms with Gasteiger partial charge in [-0.2, -0.15) is 0 Å². The van der Waals surface area contributed by atoms with Gasteiger partial charge in [-0.05, 0) is 68.8 Å². The molecular weight excluding hydrogens is 206 g/mol. The van der Waals surface area contributed by atoms with Crippen LogP contribution in [0.25, 0.3) is 0 Å². The van der Waals surface area contributed by atoms with Crippen LogP contribution in [0.3, 0.4) is 0 Å². The maximum absolute atomic E-state index is 3.48. The topological polar surface area (TPSA) is 12.0 Å². The first-order chi connectivity index (χ1) is 8.15. The number of hydrogen-bond donors (Lipinski definition) is 1. The van der Waals surface area contributed by atoms with E-state index in [2.05, 4.69) is 51.2 Å². The van der Waals surface area contributed by atoms with Crippen LogP contribution in [-0.4, -0.2) is 13.1 Å². The Morgan fingerprint density at radius 1 is 1.12 bits per heavy atom. The lowest BCUT2D eigenvalue weighted by molar-refractivity contribution is 0.497. The van der Waals surface area contributed by atoms with Gasteiger partial charge < -0.3 is 5.32 Å². The van der Waals surface area contributed by atoms with Gasteiger partial charge in [-0.15, -0.1) is 0 Å². The maximum atomic E-state index is 3.48. The van der Waals surface area contributed by atoms with Crippen molar-refractivity contribution in [2.75, 3.05) is 13.1 Å². The van der Waals surface area contributed by atoms with E-state index in [0.717, 1.165) is 19.0 Å². The van der Waals surface area contributed by atoms with Crippen molar-refractivity contribution in [1.82, 2.24) is 5.32 Å². The van der Waals surface area contributed by atoms with Crippen LogP contribution in [0.1, 0.15) is 43.4 Å². The molecule has 0 aliphatic carbocycles. The summed E-state index contributed by atoms with van der Waals surface area (Å²) in [4.78, 5) is 0. The summed E-state index contributed by atoms with van der Waals surface area (Å²) in [6, 6.07) is 6.61. The van der Waals surface area contributed by atoms with E-state index < -0.39 is 0 Å². The van der Waals surface area contributed by atoms with Gasteiger partial charge in [-0.3, -0.25) is 0 Å². The van der Waals surface area contributed by atoms with Gasteiger partial charge in [0.1, 0.15) is 0 Å². The minimum absolute atomic E-state index is 0.763. The third kappa shape index (κ3) is 4.91. The molecule has 1 rings (SSSR count). The number of nitrogens with one attached hydrogen (secondary N) is 1. The molecule has 1 unspecified atom stereocenters. The lowest BCUT2D eigenvalue weighted by Gasteiger charge is -2.15. The van der Waals surface area contributed by atoms with Gasteiger partial charge in [-0.1, -0.05) is 32.0 Å². The lowest BCUT2D eigenvalue weighted by Crippen LogP contribution is -2.19. The van der Waals surface area contributed by atoms with Gasteiger partial charge >= 0.3 is 0 Å². The number of hydrogen-bond acceptors (Lipinski definition) is 1. The molecule has 0 saturated heterocycles. The van der Waals surface area contributed by atoms with E-state index in [0.29, 0.717) is 0 Å². The monoisotopic (exact) mass is 233 g/mol. The van der Waals surface area contributed by atoms with Gasteiger partial charge in [0, 0.05) is 0 Å². The van der Waals surface area contributed by atoms with Crippen molar-refractivity contribution >= 4 is 0 Å². The van der Waals surface area contributed by atoms with Crippen molar-refractivity contribution < 1.29 is 0 Å². The van der Waals surface area contributed by atoms with E-state index in [9.17, 15) is 0 Å². The van der Waals surface area contributed by atoms with Crippen molar-refractivity contribution in [3.8, 4) is 0 Å². The van der Waals surface area contributed by atoms with Gasteiger partial charge in [-0.25, -0.2) is 0 Å². The van der Waals surface area contributed by atoms with Crippen molar-refractivity contribution in [2.24, 2.45) is 5.92 Å². The third-order valence-electron chi connectivity index (χ3n) is 3.44. The van der Waals surface area contributed by atoms with Gasteiger partial charge in [0.05, 0.1) is 0 Å². The molecule has 1 N–H and O–H groups in total. The Balaban J connectivity index is 2.42. The summed E-state index contributed by atoms with van der Waals surface area (Å²) in [6.45, 7) is 11.3. The lowest BCUT2D eigenvalue weighted by atomic mass is 9.92. The SMILES string of the molecule is CCCNCCC(C)Cc1c(C)cccc1C. The molecule has 1 nitrogen and oxygen atoms in total. The molecule has 96 valence electrons. The molecule has 0 saturated carbocycles. The number of rotatable bonds is 7. The Morgan fingerprint density at radius 2 is 1.76 bits per heavy atom. The Kier molecular flexibility index (Phi) is 6.28. The summed E-state index contributed by atoms with van der Waals surface area (Å²) >= 11 is 0. The molecule has 1 atom stereocenters. The Hall–Kier alpha value is -0.820. The second kappa shape index (κ2) is 7.50. The number of benzene rings is 1. The normalized spacial score (nSPS) is 12.7. The number of aryl methyl sites for hydroxylation is 2. The van der Waals surface area contributed by atoms with Crippen molar-refractivity contribution in [1.29, 1.82) is 0 Å². The zero-order valence-electron chi connectivity index (χ0n) is 11.8. The van der Waals surface area contributed by atoms with E-state index in [-0.39, 0.29) is 0 Å². The second-order valence-electron chi connectivity index (χ2n) is 5.22. The highest BCUT2D eigenvalue weighted by molar-refractivity contribution is 5.33. The first-order valence-corrected chi connectivity index (χ1v) is 6.91. The predicted octanol–water partition coefficient (Wildman–Crippen LogP) is 3.87. The Bertz CT molecular complexity index is 310. The molecule has 0 fully saturated rings. The minimum atomic E-state index is 0.763. The molecule has 0 amide bonds. The van der Waals surface area contributed by atoms with E-state index in [1.807, 2.05) is 0 Å². The molecule has 0 spiro atoms. The van der Waals surface area contributed by atoms with Gasteiger partial charge in [0.25, 0.3) is 0 Å². The summed E-state index contributed by atoms with van der Waals surface area (Å²) in [5, 5.41) is 3.48. The first kappa shape index (κ1) is 14.2. The molecule has 0 aliphatic heterocycles. The van der Waals surface area contributed by atoms with E-state index in [4.69, 9.17) is 0 Å². The first-order valence-electron chi connectivity index (χ1n) is 6.91. The van der Waals surface area contributed by atoms with Crippen LogP contribution < -0.4 is 5.32 Å². The van der Waals surface area contributed by atoms with E-state index in [1.54, 1.807) is 5.56 Å². The third-order valence-corrected chi connectivity index (χ3v) is 3.44. The zero-order chi connectivity index (χ0) is 12.7. The molecule has 1 aromatic rings. The van der Waals surface area contributed by atoms with E-state index in [1.165, 1.54) is 30.4 Å². The predicted molar refractivity (Wildman–Crippen MR) is 76.6 cm³/mol. The van der Waals surface area contributed by atoms with Crippen molar-refractivity contribution in [3.05, 3.63) is 34.9 Å². The summed E-state index contributed by atoms with van der Waals surface area (Å²) < 4.78 is 0. The highest BCUT2D eigenvalue weighted by atomic mass is 14.8. The fourth-order valence-corrected chi connectivity index (χ4v) is 2.27. The standard InChI is InChI=1S/C16H27N/c1-5-10-17-11-9-13(2)12-16-14(3)7-6-8-15(16)4/h6-8,13,17H,5,9-12H2,1-4H3. The van der Waals surface area contributed by atoms with Crippen LogP contribution in [0.2, 0.25) is 0 Å². The molecule has 1 heteroatoms. The minimum Gasteiger partial charge on any atom is -0.317 e. The molecular formula is C16H27N. The second-order valence-corrected chi connectivity index (χ2v) is 5.22. The van der Waals surface area contributed by atoms with Crippen LogP contribution in [0.4, 0.5) is 0 Å². The molecule has 0 bridgehead atoms. The molecule has 0 aliphatic rings. The van der Waals surface area contributed by atoms with Crippen molar-refractivity contribution in [3.63, 3.8) is 0 Å². The zero-order valence-corrected chi connectivity index (χ0v) is 11.8. The maximum Gasteiger partial charge on any atom is -0.00463 e. The van der Waals surface area contributed by atoms with Crippen LogP contribution in [0.15, 0.2) is 18.2 Å². The Morgan fingerprint density at radius 3 is 2.35 bits per heavy atom. The highest BCUT2D eigenvalue weighted by Gasteiger charge is 2.07. The summed E-state index contributed by atoms with van der Waals surface area (Å²) in [5.41, 5.74) is 4.44. The fraction of sp³-hybridized carbons (Fsp3) is 0.625. The largest absolute Gasteiger partial charge is 0.317 e. The molecule has 17 heavy (non-hydrogen) atoms. The quantitative estimate of drug-likeness (QED) is 0.705. The molecule has 1 aromatic carbocycles. The van der Waals surface area contributed by atoms with Crippen molar-refractivity contribution in [2.45, 2.75) is 47.0 Å². The molecule has 0 radical (unpaired) electrons. The van der Waals surface area contributed by atoms with E-state index >= 15 is 0 Å². The van der Waals surface area contributed by atoms with Gasteiger partial charge in [0.15, 0.2) is 0 Å². The average molecular weight is 233 g/mol. The highest BCUT2D eigenvalue weighted by Crippen LogP contribution is 2.19. The fourth-order valence-electron chi connectivity index (χ4n) is 2.27. The Labute approximate surface area is 107 Å². The average Bonchev–Trinajstić information content (AvgIpc) is 2.30. The van der Waals surface area contributed by atoms with Gasteiger partial charge in [0.2, 0.25) is 0 Å². The molecule has 0 heterocycles. The summed E-state index contributed by atoms with van der Waals surface area (Å²) in [6.07, 6.45) is 3.71. The summed E-state index contributed by atoms with van der Waals surface area (Å²) in [5.74, 6) is 0.763. The van der Waals surface area contributed by atoms with Crippen LogP contribution >= 0.6 is 0 Å². The van der Waals surface area contributed by atoms with Crippen LogP contribution in [-0.2, 0) is 6.42 Å².